The van der Waals surface area contributed by atoms with Gasteiger partial charge in [0, 0.05) is 33.8 Å². The summed E-state index contributed by atoms with van der Waals surface area (Å²) in [6.45, 7) is 39.9. The van der Waals surface area contributed by atoms with E-state index in [-0.39, 0.29) is 39.2 Å². The molecule has 5 aromatic carbocycles. The third-order valence-corrected chi connectivity index (χ3v) is 14.5. The van der Waals surface area contributed by atoms with Crippen LogP contribution in [0.4, 0.5) is 34.1 Å². The van der Waals surface area contributed by atoms with E-state index in [9.17, 15) is 0 Å². The van der Waals surface area contributed by atoms with E-state index in [0.29, 0.717) is 0 Å². The van der Waals surface area contributed by atoms with Gasteiger partial charge in [-0.15, -0.1) is 0 Å². The van der Waals surface area contributed by atoms with E-state index in [1.807, 2.05) is 0 Å². The van der Waals surface area contributed by atoms with Gasteiger partial charge in [0.05, 0.1) is 11.3 Å². The highest BCUT2D eigenvalue weighted by molar-refractivity contribution is 7.00. The number of furan rings is 1. The number of hydrogen-bond donors (Lipinski definition) is 0. The first kappa shape index (κ1) is 41.6. The van der Waals surface area contributed by atoms with Crippen LogP contribution in [0.25, 0.3) is 11.0 Å². The summed E-state index contributed by atoms with van der Waals surface area (Å²) < 4.78 is 7.52. The second-order valence-corrected chi connectivity index (χ2v) is 24.4. The van der Waals surface area contributed by atoms with Gasteiger partial charge in [-0.25, -0.2) is 0 Å². The van der Waals surface area contributed by atoms with E-state index < -0.39 is 0 Å². The zero-order valence-electron chi connectivity index (χ0n) is 40.4. The van der Waals surface area contributed by atoms with Gasteiger partial charge < -0.3 is 14.2 Å². The summed E-state index contributed by atoms with van der Waals surface area (Å²) in [5.74, 6) is 0. The van der Waals surface area contributed by atoms with Crippen molar-refractivity contribution in [1.82, 2.24) is 0 Å². The third kappa shape index (κ3) is 6.69. The van der Waals surface area contributed by atoms with Gasteiger partial charge in [-0.05, 0) is 157 Å². The number of anilines is 6. The SMILES string of the molecule is Cc1cc2c3c(c1)N(c1ccc(C(C)(C)C)cc1)c1c(oc4cc5c(cc14)C(C)(C)CCC5(C)C)B3c1cc(C(C)(C)C)ccc1N2c1cc(C(C)(C)C)cc(C(C)(C)C)c1. The topological polar surface area (TPSA) is 19.6 Å². The lowest BCUT2D eigenvalue weighted by atomic mass is 9.35. The maximum absolute atomic E-state index is 7.52. The first-order chi connectivity index (χ1) is 28.1. The molecule has 1 aromatic heterocycles. The molecule has 0 atom stereocenters. The van der Waals surface area contributed by atoms with Crippen molar-refractivity contribution in [2.24, 2.45) is 0 Å². The lowest BCUT2D eigenvalue weighted by Crippen LogP contribution is -2.61. The second-order valence-electron chi connectivity index (χ2n) is 24.4. The third-order valence-electron chi connectivity index (χ3n) is 14.5. The quantitative estimate of drug-likeness (QED) is 0.162. The van der Waals surface area contributed by atoms with Crippen molar-refractivity contribution in [2.45, 2.75) is 163 Å². The average Bonchev–Trinajstić information content (AvgIpc) is 3.52. The van der Waals surface area contributed by atoms with E-state index in [1.165, 1.54) is 83.7 Å². The van der Waals surface area contributed by atoms with Gasteiger partial charge in [0.1, 0.15) is 5.58 Å². The number of rotatable bonds is 2. The minimum Gasteiger partial charge on any atom is -0.468 e. The highest BCUT2D eigenvalue weighted by atomic mass is 16.3. The molecule has 1 aliphatic carbocycles. The van der Waals surface area contributed by atoms with Crippen LogP contribution in [0.15, 0.2) is 89.3 Å². The summed E-state index contributed by atoms with van der Waals surface area (Å²) in [4.78, 5) is 5.15. The summed E-state index contributed by atoms with van der Waals surface area (Å²) in [5.41, 5.74) is 21.4. The molecule has 4 heteroatoms. The van der Waals surface area contributed by atoms with Crippen molar-refractivity contribution in [2.75, 3.05) is 9.80 Å². The molecule has 3 aliphatic rings. The van der Waals surface area contributed by atoms with E-state index >= 15 is 0 Å². The largest absolute Gasteiger partial charge is 0.468 e. The maximum Gasteiger partial charge on any atom is 0.297 e. The number of nitrogens with zero attached hydrogens (tertiary/aromatic N) is 2. The molecule has 3 nitrogen and oxygen atoms in total. The first-order valence-electron chi connectivity index (χ1n) is 22.9. The molecular weight excluding hydrogens is 739 g/mol. The molecule has 0 unspecified atom stereocenters. The van der Waals surface area contributed by atoms with Gasteiger partial charge in [-0.2, -0.15) is 0 Å². The fraction of sp³-hybridized carbons (Fsp3) is 0.439. The van der Waals surface area contributed by atoms with Crippen molar-refractivity contribution in [3.63, 3.8) is 0 Å². The molecule has 9 rings (SSSR count). The van der Waals surface area contributed by atoms with E-state index in [0.717, 1.165) is 29.8 Å². The molecule has 0 N–H and O–H groups in total. The van der Waals surface area contributed by atoms with Crippen LogP contribution in [0.2, 0.25) is 0 Å². The van der Waals surface area contributed by atoms with Crippen LogP contribution in [0.3, 0.4) is 0 Å². The van der Waals surface area contributed by atoms with Gasteiger partial charge in [0.25, 0.3) is 6.71 Å². The number of aryl methyl sites for hydroxylation is 1. The van der Waals surface area contributed by atoms with Crippen LogP contribution >= 0.6 is 0 Å². The Kier molecular flexibility index (Phi) is 8.99. The Morgan fingerprint density at radius 1 is 0.508 bits per heavy atom. The van der Waals surface area contributed by atoms with Crippen LogP contribution in [0.5, 0.6) is 0 Å². The summed E-state index contributed by atoms with van der Waals surface area (Å²) >= 11 is 0. The minimum atomic E-state index is -0.0995. The molecule has 0 bridgehead atoms. The maximum atomic E-state index is 7.52. The van der Waals surface area contributed by atoms with Gasteiger partial charge >= 0.3 is 0 Å². The average molecular weight is 809 g/mol. The monoisotopic (exact) mass is 809 g/mol. The first-order valence-corrected chi connectivity index (χ1v) is 22.9. The van der Waals surface area contributed by atoms with E-state index in [4.69, 9.17) is 4.42 Å². The van der Waals surface area contributed by atoms with Crippen molar-refractivity contribution >= 4 is 68.4 Å². The fourth-order valence-corrected chi connectivity index (χ4v) is 10.4. The van der Waals surface area contributed by atoms with Gasteiger partial charge in [0.15, 0.2) is 0 Å². The highest BCUT2D eigenvalue weighted by Gasteiger charge is 2.48. The standard InChI is InChI=1S/C57H69BN2O/c1-34-26-46-49-47(27-34)60(39-21-18-35(19-22-39)52(2,3)4)50-41-32-42-43(57(16,17)25-24-56(42,14)15)33-48(41)61-51(50)58(49)44-31-36(53(5,6)7)20-23-45(44)59(46)40-29-37(54(8,9)10)28-38(30-40)55(11,12)13/h18-23,26-33H,24-25H2,1-17H3. The Balaban J connectivity index is 1.42. The Morgan fingerprint density at radius 2 is 1.02 bits per heavy atom. The van der Waals surface area contributed by atoms with Crippen molar-refractivity contribution in [3.8, 4) is 0 Å². The molecule has 61 heavy (non-hydrogen) atoms. The zero-order chi connectivity index (χ0) is 44.1. The zero-order valence-corrected chi connectivity index (χ0v) is 40.4. The van der Waals surface area contributed by atoms with Crippen LogP contribution in [-0.4, -0.2) is 6.71 Å². The van der Waals surface area contributed by atoms with Gasteiger partial charge in [0.2, 0.25) is 0 Å². The fourth-order valence-electron chi connectivity index (χ4n) is 10.4. The lowest BCUT2D eigenvalue weighted by Gasteiger charge is -2.44. The molecule has 0 fully saturated rings. The number of fused-ring (bicyclic) bond motifs is 7. The second kappa shape index (κ2) is 13.2. The molecule has 0 radical (unpaired) electrons. The summed E-state index contributed by atoms with van der Waals surface area (Å²) in [7, 11) is 0. The minimum absolute atomic E-state index is 0.0270. The summed E-state index contributed by atoms with van der Waals surface area (Å²) in [6.07, 6.45) is 2.32. The Morgan fingerprint density at radius 3 is 1.56 bits per heavy atom. The molecule has 0 spiro atoms. The predicted octanol–water partition coefficient (Wildman–Crippen LogP) is 14.4. The molecule has 0 saturated carbocycles. The smallest absolute Gasteiger partial charge is 0.297 e. The normalized spacial score (nSPS) is 17.0. The highest BCUT2D eigenvalue weighted by Crippen LogP contribution is 2.52. The van der Waals surface area contributed by atoms with Crippen LogP contribution in [0.1, 0.15) is 163 Å². The van der Waals surface area contributed by atoms with Crippen molar-refractivity contribution < 1.29 is 4.42 Å². The molecule has 6 aromatic rings. The number of benzene rings is 5. The molecule has 0 saturated heterocycles. The van der Waals surface area contributed by atoms with Crippen LogP contribution in [0, 0.1) is 6.92 Å². The Labute approximate surface area is 368 Å². The van der Waals surface area contributed by atoms with E-state index in [2.05, 4.69) is 212 Å². The summed E-state index contributed by atoms with van der Waals surface area (Å²) in [6, 6.07) is 33.8. The Hall–Kier alpha value is -4.70. The van der Waals surface area contributed by atoms with Crippen molar-refractivity contribution in [1.29, 1.82) is 0 Å². The summed E-state index contributed by atoms with van der Waals surface area (Å²) in [5, 5.41) is 1.21. The van der Waals surface area contributed by atoms with E-state index in [1.54, 1.807) is 0 Å². The molecule has 316 valence electrons. The Bertz CT molecular complexity index is 2720. The molecular formula is C57H69BN2O. The predicted molar refractivity (Wildman–Crippen MR) is 265 cm³/mol. The molecule has 3 heterocycles. The molecule has 0 amide bonds. The van der Waals surface area contributed by atoms with Crippen LogP contribution in [-0.2, 0) is 32.5 Å². The molecule has 2 aliphatic heterocycles. The van der Waals surface area contributed by atoms with Crippen LogP contribution < -0.4 is 26.4 Å². The van der Waals surface area contributed by atoms with Gasteiger partial charge in [-0.1, -0.05) is 141 Å². The number of hydrogen-bond acceptors (Lipinski definition) is 3. The lowest BCUT2D eigenvalue weighted by molar-refractivity contribution is 0.332. The van der Waals surface area contributed by atoms with Crippen molar-refractivity contribution in [3.05, 3.63) is 124 Å². The van der Waals surface area contributed by atoms with Gasteiger partial charge in [-0.3, -0.25) is 0 Å².